The second kappa shape index (κ2) is 11.5. The fourth-order valence-electron chi connectivity index (χ4n) is 6.69. The molecule has 0 aliphatic heterocycles. The van der Waals surface area contributed by atoms with Gasteiger partial charge >= 0.3 is 6.36 Å². The molecule has 212 valence electrons. The molecule has 5 fully saturated rings. The minimum Gasteiger partial charge on any atom is -0.392 e. The lowest BCUT2D eigenvalue weighted by molar-refractivity contribution is -0.346. The monoisotopic (exact) mass is 556 g/mol. The summed E-state index contributed by atoms with van der Waals surface area (Å²) in [5, 5.41) is 16.3. The zero-order chi connectivity index (χ0) is 26.8. The summed E-state index contributed by atoms with van der Waals surface area (Å²) in [6.45, 7) is 0.0455. The van der Waals surface area contributed by atoms with Crippen molar-refractivity contribution >= 4 is 23.4 Å². The predicted octanol–water partition coefficient (Wildman–Crippen LogP) is 3.89. The van der Waals surface area contributed by atoms with Gasteiger partial charge in [0.25, 0.3) is 0 Å². The molecule has 37 heavy (non-hydrogen) atoms. The Hall–Kier alpha value is -1.17. The van der Waals surface area contributed by atoms with Gasteiger partial charge in [0.05, 0.1) is 29.1 Å². The lowest BCUT2D eigenvalue weighted by atomic mass is 9.55. The van der Waals surface area contributed by atoms with Crippen molar-refractivity contribution in [3.05, 3.63) is 0 Å². The SMILES string of the molecule is O=C(COC1CCC(Cl)C(F)C1)NC12CCC(C(=O)NCC3CCCC(OC(F)(F)F)C3)(CC1)C(O)C2. The van der Waals surface area contributed by atoms with Crippen molar-refractivity contribution < 1.29 is 41.7 Å². The topological polar surface area (TPSA) is 96.9 Å². The Labute approximate surface area is 219 Å². The molecule has 5 saturated carbocycles. The zero-order valence-corrected chi connectivity index (χ0v) is 21.6. The smallest absolute Gasteiger partial charge is 0.392 e. The third kappa shape index (κ3) is 7.08. The molecule has 5 aliphatic rings. The molecular formula is C25H37ClF4N2O5. The summed E-state index contributed by atoms with van der Waals surface area (Å²) in [6.07, 6.45) is -2.79. The van der Waals surface area contributed by atoms with E-state index in [-0.39, 0.29) is 56.3 Å². The third-order valence-electron chi connectivity index (χ3n) is 8.86. The van der Waals surface area contributed by atoms with Crippen molar-refractivity contribution in [2.24, 2.45) is 11.3 Å². The van der Waals surface area contributed by atoms with Crippen LogP contribution < -0.4 is 10.6 Å². The molecule has 2 amide bonds. The number of rotatable bonds is 8. The van der Waals surface area contributed by atoms with Crippen molar-refractivity contribution in [1.29, 1.82) is 0 Å². The Morgan fingerprint density at radius 1 is 1.03 bits per heavy atom. The minimum absolute atomic E-state index is 0.115. The Kier molecular flexibility index (Phi) is 8.97. The number of carbonyl (C=O) groups is 2. The van der Waals surface area contributed by atoms with Crippen LogP contribution >= 0.6 is 11.6 Å². The van der Waals surface area contributed by atoms with Crippen LogP contribution in [0, 0.1) is 11.3 Å². The van der Waals surface area contributed by atoms with Crippen LogP contribution in [-0.2, 0) is 19.1 Å². The second-order valence-electron chi connectivity index (χ2n) is 11.4. The molecular weight excluding hydrogens is 520 g/mol. The average Bonchev–Trinajstić information content (AvgIpc) is 2.83. The average molecular weight is 557 g/mol. The van der Waals surface area contributed by atoms with Crippen LogP contribution in [0.25, 0.3) is 0 Å². The normalized spacial score (nSPS) is 40.3. The molecule has 0 spiro atoms. The molecule has 5 aliphatic carbocycles. The summed E-state index contributed by atoms with van der Waals surface area (Å²) in [5.41, 5.74) is -1.58. The maximum Gasteiger partial charge on any atom is 0.522 e. The number of nitrogens with one attached hydrogen (secondary N) is 2. The Morgan fingerprint density at radius 3 is 2.41 bits per heavy atom. The summed E-state index contributed by atoms with van der Waals surface area (Å²) in [6, 6.07) is 0. The van der Waals surface area contributed by atoms with E-state index < -0.39 is 41.1 Å². The summed E-state index contributed by atoms with van der Waals surface area (Å²) in [4.78, 5) is 25.8. The van der Waals surface area contributed by atoms with Gasteiger partial charge in [0, 0.05) is 18.5 Å². The predicted molar refractivity (Wildman–Crippen MR) is 126 cm³/mol. The highest BCUT2D eigenvalue weighted by atomic mass is 35.5. The molecule has 0 saturated heterocycles. The van der Waals surface area contributed by atoms with Gasteiger partial charge in [-0.3, -0.25) is 14.3 Å². The fourth-order valence-corrected chi connectivity index (χ4v) is 6.92. The number of carbonyl (C=O) groups excluding carboxylic acids is 2. The summed E-state index contributed by atoms with van der Waals surface area (Å²) < 4.78 is 61.3. The Bertz CT molecular complexity index is 823. The molecule has 0 heterocycles. The Morgan fingerprint density at radius 2 is 1.76 bits per heavy atom. The van der Waals surface area contributed by atoms with Crippen LogP contribution in [0.15, 0.2) is 0 Å². The van der Waals surface area contributed by atoms with Gasteiger partial charge in [0.2, 0.25) is 11.8 Å². The van der Waals surface area contributed by atoms with Crippen molar-refractivity contribution in [3.63, 3.8) is 0 Å². The third-order valence-corrected chi connectivity index (χ3v) is 9.35. The van der Waals surface area contributed by atoms with E-state index in [9.17, 15) is 32.3 Å². The van der Waals surface area contributed by atoms with Gasteiger partial charge in [-0.2, -0.15) is 0 Å². The minimum atomic E-state index is -4.67. The maximum atomic E-state index is 13.8. The van der Waals surface area contributed by atoms with Crippen LogP contribution in [0.2, 0.25) is 0 Å². The highest BCUT2D eigenvalue weighted by Gasteiger charge is 2.58. The number of fused-ring (bicyclic) bond motifs is 3. The first-order valence-electron chi connectivity index (χ1n) is 13.3. The first kappa shape index (κ1) is 28.8. The maximum absolute atomic E-state index is 13.8. The Balaban J connectivity index is 1.23. The number of hydrogen-bond acceptors (Lipinski definition) is 5. The summed E-state index contributed by atoms with van der Waals surface area (Å²) in [7, 11) is 0. The number of aliphatic hydroxyl groups excluding tert-OH is 1. The van der Waals surface area contributed by atoms with Crippen LogP contribution in [0.3, 0.4) is 0 Å². The summed E-state index contributed by atoms with van der Waals surface area (Å²) in [5.74, 6) is -0.726. The van der Waals surface area contributed by atoms with Crippen LogP contribution in [0.5, 0.6) is 0 Å². The zero-order valence-electron chi connectivity index (χ0n) is 20.8. The highest BCUT2D eigenvalue weighted by molar-refractivity contribution is 6.21. The first-order chi connectivity index (χ1) is 17.4. The number of alkyl halides is 5. The fraction of sp³-hybridized carbons (Fsp3) is 0.920. The van der Waals surface area contributed by atoms with Gasteiger partial charge in [-0.15, -0.1) is 24.8 Å². The van der Waals surface area contributed by atoms with E-state index in [1.54, 1.807) is 0 Å². The molecule has 0 radical (unpaired) electrons. The largest absolute Gasteiger partial charge is 0.522 e. The molecule has 0 aromatic carbocycles. The van der Waals surface area contributed by atoms with Crippen molar-refractivity contribution in [2.45, 2.75) is 119 Å². The molecule has 7 nitrogen and oxygen atoms in total. The number of aliphatic hydroxyl groups is 1. The van der Waals surface area contributed by atoms with E-state index in [0.717, 1.165) is 0 Å². The van der Waals surface area contributed by atoms with E-state index in [4.69, 9.17) is 16.3 Å². The van der Waals surface area contributed by atoms with Crippen molar-refractivity contribution in [2.75, 3.05) is 13.2 Å². The molecule has 6 atom stereocenters. The second-order valence-corrected chi connectivity index (χ2v) is 12.0. The van der Waals surface area contributed by atoms with Crippen LogP contribution in [0.4, 0.5) is 17.6 Å². The highest BCUT2D eigenvalue weighted by Crippen LogP contribution is 2.52. The molecule has 0 aromatic heterocycles. The quantitative estimate of drug-likeness (QED) is 0.311. The van der Waals surface area contributed by atoms with Crippen LogP contribution in [0.1, 0.15) is 77.0 Å². The lowest BCUT2D eigenvalue weighted by Crippen LogP contribution is -2.66. The molecule has 6 unspecified atom stereocenters. The molecule has 2 bridgehead atoms. The van der Waals surface area contributed by atoms with Crippen molar-refractivity contribution in [3.8, 4) is 0 Å². The molecule has 12 heteroatoms. The standard InChI is InChI=1S/C25H37ClF4N2O5/c26-18-5-4-16(11-19(18)27)36-14-21(34)32-23-6-8-24(9-7-23,20(33)12-23)22(35)31-13-15-2-1-3-17(10-15)37-25(28,29)30/h15-20,33H,1-14H2,(H,31,35)(H,32,34). The van der Waals surface area contributed by atoms with E-state index in [1.807, 2.05) is 0 Å². The van der Waals surface area contributed by atoms with E-state index in [2.05, 4.69) is 15.4 Å². The van der Waals surface area contributed by atoms with Gasteiger partial charge in [-0.05, 0) is 70.1 Å². The van der Waals surface area contributed by atoms with Gasteiger partial charge in [-0.1, -0.05) is 6.42 Å². The van der Waals surface area contributed by atoms with Gasteiger partial charge in [0.15, 0.2) is 0 Å². The molecule has 5 rings (SSSR count). The number of halogens is 5. The first-order valence-corrected chi connectivity index (χ1v) is 13.7. The number of hydrogen-bond donors (Lipinski definition) is 3. The molecule has 0 aromatic rings. The van der Waals surface area contributed by atoms with Crippen molar-refractivity contribution in [1.82, 2.24) is 10.6 Å². The number of amides is 2. The van der Waals surface area contributed by atoms with Gasteiger partial charge in [-0.25, -0.2) is 4.39 Å². The summed E-state index contributed by atoms with van der Waals surface area (Å²) >= 11 is 5.89. The number of ether oxygens (including phenoxy) is 2. The van der Waals surface area contributed by atoms with Gasteiger partial charge < -0.3 is 20.5 Å². The lowest BCUT2D eigenvalue weighted by Gasteiger charge is -2.55. The van der Waals surface area contributed by atoms with Gasteiger partial charge in [0.1, 0.15) is 12.8 Å². The van der Waals surface area contributed by atoms with E-state index in [0.29, 0.717) is 57.8 Å². The van der Waals surface area contributed by atoms with Crippen LogP contribution in [-0.4, -0.2) is 71.8 Å². The van der Waals surface area contributed by atoms with E-state index in [1.165, 1.54) is 0 Å². The van der Waals surface area contributed by atoms with E-state index >= 15 is 0 Å². The molecule has 3 N–H and O–H groups in total.